The van der Waals surface area contributed by atoms with Crippen LogP contribution in [0.3, 0.4) is 0 Å². The van der Waals surface area contributed by atoms with Crippen molar-refractivity contribution in [2.24, 2.45) is 11.7 Å². The minimum atomic E-state index is 0.202. The molecule has 0 aliphatic rings. The Bertz CT molecular complexity index is 155. The molecule has 0 heterocycles. The molecular formula is C11H24N2O. The number of nitrogens with two attached hydrogens (primary N) is 1. The number of amides is 1. The molecule has 0 aliphatic carbocycles. The van der Waals surface area contributed by atoms with Gasteiger partial charge < -0.3 is 10.6 Å². The summed E-state index contributed by atoms with van der Waals surface area (Å²) in [5.41, 5.74) is 5.43. The summed E-state index contributed by atoms with van der Waals surface area (Å²) in [5, 5.41) is 0. The number of carbonyl (C=O) groups excluding carboxylic acids is 1. The molecule has 3 nitrogen and oxygen atoms in total. The SMILES string of the molecule is CCC(CC)C(=O)N(CC)CCCN. The highest BCUT2D eigenvalue weighted by molar-refractivity contribution is 5.78. The number of rotatable bonds is 7. The van der Waals surface area contributed by atoms with Crippen LogP contribution in [0.2, 0.25) is 0 Å². The maximum atomic E-state index is 11.9. The fourth-order valence-corrected chi connectivity index (χ4v) is 1.60. The van der Waals surface area contributed by atoms with Crippen molar-refractivity contribution in [2.45, 2.75) is 40.0 Å². The van der Waals surface area contributed by atoms with Gasteiger partial charge in [0.2, 0.25) is 5.91 Å². The Kier molecular flexibility index (Phi) is 7.48. The lowest BCUT2D eigenvalue weighted by Gasteiger charge is -2.24. The van der Waals surface area contributed by atoms with Gasteiger partial charge >= 0.3 is 0 Å². The van der Waals surface area contributed by atoms with E-state index in [0.29, 0.717) is 12.5 Å². The van der Waals surface area contributed by atoms with Gasteiger partial charge in [0.25, 0.3) is 0 Å². The highest BCUT2D eigenvalue weighted by atomic mass is 16.2. The van der Waals surface area contributed by atoms with Crippen molar-refractivity contribution in [3.63, 3.8) is 0 Å². The van der Waals surface area contributed by atoms with Crippen LogP contribution in [0.15, 0.2) is 0 Å². The first kappa shape index (κ1) is 13.4. The first-order valence-corrected chi connectivity index (χ1v) is 5.69. The third kappa shape index (κ3) is 4.09. The fourth-order valence-electron chi connectivity index (χ4n) is 1.60. The van der Waals surface area contributed by atoms with Gasteiger partial charge in [-0.15, -0.1) is 0 Å². The lowest BCUT2D eigenvalue weighted by Crippen LogP contribution is -2.37. The summed E-state index contributed by atoms with van der Waals surface area (Å²) >= 11 is 0. The van der Waals surface area contributed by atoms with Gasteiger partial charge in [-0.2, -0.15) is 0 Å². The van der Waals surface area contributed by atoms with Gasteiger partial charge in [0.1, 0.15) is 0 Å². The van der Waals surface area contributed by atoms with Crippen LogP contribution >= 0.6 is 0 Å². The third-order valence-corrected chi connectivity index (χ3v) is 2.66. The van der Waals surface area contributed by atoms with Crippen LogP contribution in [0.5, 0.6) is 0 Å². The smallest absolute Gasteiger partial charge is 0.225 e. The molecule has 0 radical (unpaired) electrons. The number of hydrogen-bond donors (Lipinski definition) is 1. The Morgan fingerprint density at radius 2 is 1.86 bits per heavy atom. The first-order chi connectivity index (χ1) is 6.71. The van der Waals surface area contributed by atoms with Crippen LogP contribution in [0.25, 0.3) is 0 Å². The molecule has 0 aromatic heterocycles. The topological polar surface area (TPSA) is 46.3 Å². The van der Waals surface area contributed by atoms with Crippen LogP contribution in [0.4, 0.5) is 0 Å². The molecule has 0 aliphatic heterocycles. The second-order valence-electron chi connectivity index (χ2n) is 3.57. The van der Waals surface area contributed by atoms with E-state index in [2.05, 4.69) is 13.8 Å². The molecule has 0 aromatic rings. The molecular weight excluding hydrogens is 176 g/mol. The molecule has 0 saturated heterocycles. The number of hydrogen-bond acceptors (Lipinski definition) is 2. The van der Waals surface area contributed by atoms with Crippen LogP contribution in [0, 0.1) is 5.92 Å². The fraction of sp³-hybridized carbons (Fsp3) is 0.909. The first-order valence-electron chi connectivity index (χ1n) is 5.69. The zero-order valence-electron chi connectivity index (χ0n) is 9.75. The third-order valence-electron chi connectivity index (χ3n) is 2.66. The Labute approximate surface area is 87.6 Å². The van der Waals surface area contributed by atoms with E-state index in [1.54, 1.807) is 0 Å². The van der Waals surface area contributed by atoms with Crippen molar-refractivity contribution in [1.29, 1.82) is 0 Å². The van der Waals surface area contributed by atoms with Gasteiger partial charge in [-0.05, 0) is 32.7 Å². The van der Waals surface area contributed by atoms with E-state index in [-0.39, 0.29) is 5.92 Å². The Morgan fingerprint density at radius 1 is 1.29 bits per heavy atom. The summed E-state index contributed by atoms with van der Waals surface area (Å²) in [4.78, 5) is 13.8. The maximum Gasteiger partial charge on any atom is 0.225 e. The highest BCUT2D eigenvalue weighted by Gasteiger charge is 2.19. The van der Waals surface area contributed by atoms with E-state index in [4.69, 9.17) is 5.73 Å². The predicted octanol–water partition coefficient (Wildman–Crippen LogP) is 1.62. The molecule has 0 fully saturated rings. The van der Waals surface area contributed by atoms with Gasteiger partial charge in [0, 0.05) is 19.0 Å². The minimum absolute atomic E-state index is 0.202. The van der Waals surface area contributed by atoms with E-state index in [1.165, 1.54) is 0 Å². The van der Waals surface area contributed by atoms with Gasteiger partial charge in [0.05, 0.1) is 0 Å². The summed E-state index contributed by atoms with van der Waals surface area (Å²) in [6.45, 7) is 8.44. The lowest BCUT2D eigenvalue weighted by molar-refractivity contribution is -0.135. The van der Waals surface area contributed by atoms with Crippen LogP contribution in [0.1, 0.15) is 40.0 Å². The Hall–Kier alpha value is -0.570. The van der Waals surface area contributed by atoms with Crippen LogP contribution in [-0.2, 0) is 4.79 Å². The second kappa shape index (κ2) is 7.80. The number of nitrogens with zero attached hydrogens (tertiary/aromatic N) is 1. The molecule has 0 unspecified atom stereocenters. The molecule has 14 heavy (non-hydrogen) atoms. The van der Waals surface area contributed by atoms with Crippen molar-refractivity contribution in [3.8, 4) is 0 Å². The molecule has 3 heteroatoms. The quantitative estimate of drug-likeness (QED) is 0.679. The number of carbonyl (C=O) groups is 1. The van der Waals surface area contributed by atoms with E-state index >= 15 is 0 Å². The summed E-state index contributed by atoms with van der Waals surface area (Å²) in [7, 11) is 0. The zero-order valence-corrected chi connectivity index (χ0v) is 9.75. The molecule has 1 amide bonds. The molecule has 0 spiro atoms. The van der Waals surface area contributed by atoms with Gasteiger partial charge in [-0.25, -0.2) is 0 Å². The van der Waals surface area contributed by atoms with Crippen molar-refractivity contribution in [3.05, 3.63) is 0 Å². The van der Waals surface area contributed by atoms with E-state index < -0.39 is 0 Å². The van der Waals surface area contributed by atoms with Crippen molar-refractivity contribution < 1.29 is 4.79 Å². The molecule has 84 valence electrons. The predicted molar refractivity (Wildman–Crippen MR) is 60.0 cm³/mol. The van der Waals surface area contributed by atoms with Crippen LogP contribution < -0.4 is 5.73 Å². The van der Waals surface area contributed by atoms with E-state index in [1.807, 2.05) is 11.8 Å². The molecule has 0 rings (SSSR count). The zero-order chi connectivity index (χ0) is 11.0. The van der Waals surface area contributed by atoms with Crippen molar-refractivity contribution in [2.75, 3.05) is 19.6 Å². The minimum Gasteiger partial charge on any atom is -0.343 e. The summed E-state index contributed by atoms with van der Waals surface area (Å²) < 4.78 is 0. The van der Waals surface area contributed by atoms with Gasteiger partial charge in [-0.3, -0.25) is 4.79 Å². The molecule has 0 bridgehead atoms. The molecule has 2 N–H and O–H groups in total. The Morgan fingerprint density at radius 3 is 2.21 bits per heavy atom. The molecule has 0 atom stereocenters. The average Bonchev–Trinajstić information content (AvgIpc) is 2.21. The summed E-state index contributed by atoms with van der Waals surface area (Å²) in [5.74, 6) is 0.499. The van der Waals surface area contributed by atoms with Gasteiger partial charge in [0.15, 0.2) is 0 Å². The molecule has 0 saturated carbocycles. The Balaban J connectivity index is 4.13. The largest absolute Gasteiger partial charge is 0.343 e. The standard InChI is InChI=1S/C11H24N2O/c1-4-10(5-2)11(14)13(6-3)9-7-8-12/h10H,4-9,12H2,1-3H3. The van der Waals surface area contributed by atoms with E-state index in [9.17, 15) is 4.79 Å². The summed E-state index contributed by atoms with van der Waals surface area (Å²) in [6, 6.07) is 0. The second-order valence-corrected chi connectivity index (χ2v) is 3.57. The average molecular weight is 200 g/mol. The van der Waals surface area contributed by atoms with Crippen molar-refractivity contribution >= 4 is 5.91 Å². The van der Waals surface area contributed by atoms with Crippen LogP contribution in [-0.4, -0.2) is 30.4 Å². The van der Waals surface area contributed by atoms with Crippen molar-refractivity contribution in [1.82, 2.24) is 4.90 Å². The maximum absolute atomic E-state index is 11.9. The van der Waals surface area contributed by atoms with E-state index in [0.717, 1.165) is 32.4 Å². The highest BCUT2D eigenvalue weighted by Crippen LogP contribution is 2.11. The normalized spacial score (nSPS) is 10.6. The summed E-state index contributed by atoms with van der Waals surface area (Å²) in [6.07, 6.45) is 2.78. The lowest BCUT2D eigenvalue weighted by atomic mass is 10.0. The molecule has 0 aromatic carbocycles. The monoisotopic (exact) mass is 200 g/mol. The van der Waals surface area contributed by atoms with Gasteiger partial charge in [-0.1, -0.05) is 13.8 Å².